The minimum absolute atomic E-state index is 0.617. The number of H-pyrrole nitrogens is 1. The lowest BCUT2D eigenvalue weighted by Gasteiger charge is -1.90. The minimum Gasteiger partial charge on any atom is -0.468 e. The molecule has 0 aliphatic heterocycles. The molecule has 62 valence electrons. The van der Waals surface area contributed by atoms with Crippen LogP contribution in [-0.4, -0.2) is 17.1 Å². The van der Waals surface area contributed by atoms with E-state index in [9.17, 15) is 0 Å². The molecule has 3 nitrogen and oxygen atoms in total. The molecule has 11 heavy (non-hydrogen) atoms. The first-order valence-electron chi connectivity index (χ1n) is 3.87. The Morgan fingerprint density at radius 2 is 2.27 bits per heavy atom. The maximum atomic E-state index is 4.96. The SMILES string of the molecule is CCCc1nc(OC)[nH]c1C. The number of aromatic nitrogens is 2. The van der Waals surface area contributed by atoms with E-state index in [0.717, 1.165) is 24.2 Å². The summed E-state index contributed by atoms with van der Waals surface area (Å²) in [7, 11) is 1.62. The van der Waals surface area contributed by atoms with E-state index >= 15 is 0 Å². The highest BCUT2D eigenvalue weighted by molar-refractivity contribution is 5.15. The first-order chi connectivity index (χ1) is 5.27. The molecule has 0 saturated carbocycles. The molecule has 1 aromatic rings. The Hall–Kier alpha value is -0.990. The fourth-order valence-electron chi connectivity index (χ4n) is 1.04. The van der Waals surface area contributed by atoms with E-state index in [0.29, 0.717) is 6.01 Å². The molecule has 0 fully saturated rings. The summed E-state index contributed by atoms with van der Waals surface area (Å²) in [5.41, 5.74) is 2.23. The maximum Gasteiger partial charge on any atom is 0.293 e. The van der Waals surface area contributed by atoms with Gasteiger partial charge < -0.3 is 9.72 Å². The van der Waals surface area contributed by atoms with Crippen LogP contribution >= 0.6 is 0 Å². The summed E-state index contributed by atoms with van der Waals surface area (Å²) < 4.78 is 4.96. The fraction of sp³-hybridized carbons (Fsp3) is 0.625. The van der Waals surface area contributed by atoms with E-state index in [1.165, 1.54) is 0 Å². The van der Waals surface area contributed by atoms with Gasteiger partial charge in [0.1, 0.15) is 0 Å². The minimum atomic E-state index is 0.617. The number of aromatic amines is 1. The average molecular weight is 154 g/mol. The van der Waals surface area contributed by atoms with Gasteiger partial charge in [0.25, 0.3) is 6.01 Å². The first kappa shape index (κ1) is 8.11. The van der Waals surface area contributed by atoms with Crippen molar-refractivity contribution in [3.8, 4) is 6.01 Å². The number of rotatable bonds is 3. The van der Waals surface area contributed by atoms with Gasteiger partial charge in [-0.15, -0.1) is 0 Å². The molecule has 0 aromatic carbocycles. The van der Waals surface area contributed by atoms with Crippen molar-refractivity contribution in [3.63, 3.8) is 0 Å². The summed E-state index contributed by atoms with van der Waals surface area (Å²) in [6.45, 7) is 4.15. The van der Waals surface area contributed by atoms with Gasteiger partial charge in [0.2, 0.25) is 0 Å². The van der Waals surface area contributed by atoms with Gasteiger partial charge >= 0.3 is 0 Å². The van der Waals surface area contributed by atoms with Crippen molar-refractivity contribution in [2.24, 2.45) is 0 Å². The number of nitrogens with zero attached hydrogens (tertiary/aromatic N) is 1. The number of hydrogen-bond acceptors (Lipinski definition) is 2. The Morgan fingerprint density at radius 1 is 1.55 bits per heavy atom. The zero-order valence-corrected chi connectivity index (χ0v) is 7.27. The van der Waals surface area contributed by atoms with E-state index in [2.05, 4.69) is 16.9 Å². The molecule has 3 heteroatoms. The van der Waals surface area contributed by atoms with Crippen LogP contribution in [0.4, 0.5) is 0 Å². The van der Waals surface area contributed by atoms with Crippen molar-refractivity contribution in [2.45, 2.75) is 26.7 Å². The highest BCUT2D eigenvalue weighted by Gasteiger charge is 2.04. The van der Waals surface area contributed by atoms with Crippen LogP contribution in [0.15, 0.2) is 0 Å². The normalized spacial score (nSPS) is 10.1. The van der Waals surface area contributed by atoms with Crippen molar-refractivity contribution in [1.29, 1.82) is 0 Å². The Labute approximate surface area is 66.8 Å². The Kier molecular flexibility index (Phi) is 2.52. The lowest BCUT2D eigenvalue weighted by Crippen LogP contribution is -1.86. The van der Waals surface area contributed by atoms with E-state index < -0.39 is 0 Å². The predicted molar refractivity (Wildman–Crippen MR) is 43.9 cm³/mol. The van der Waals surface area contributed by atoms with Gasteiger partial charge in [-0.05, 0) is 13.3 Å². The van der Waals surface area contributed by atoms with Crippen LogP contribution in [0.2, 0.25) is 0 Å². The second-order valence-electron chi connectivity index (χ2n) is 2.57. The molecule has 0 spiro atoms. The van der Waals surface area contributed by atoms with Gasteiger partial charge in [-0.25, -0.2) is 4.98 Å². The maximum absolute atomic E-state index is 4.96. The summed E-state index contributed by atoms with van der Waals surface area (Å²) >= 11 is 0. The Morgan fingerprint density at radius 3 is 2.73 bits per heavy atom. The molecule has 0 radical (unpaired) electrons. The van der Waals surface area contributed by atoms with Crippen LogP contribution in [0.25, 0.3) is 0 Å². The predicted octanol–water partition coefficient (Wildman–Crippen LogP) is 1.68. The van der Waals surface area contributed by atoms with Crippen LogP contribution in [0.3, 0.4) is 0 Å². The van der Waals surface area contributed by atoms with Gasteiger partial charge in [0.15, 0.2) is 0 Å². The molecule has 0 atom stereocenters. The fourth-order valence-corrected chi connectivity index (χ4v) is 1.04. The monoisotopic (exact) mass is 154 g/mol. The highest BCUT2D eigenvalue weighted by Crippen LogP contribution is 2.11. The topological polar surface area (TPSA) is 37.9 Å². The number of nitrogens with one attached hydrogen (secondary N) is 1. The van der Waals surface area contributed by atoms with Crippen molar-refractivity contribution >= 4 is 0 Å². The lowest BCUT2D eigenvalue weighted by molar-refractivity contribution is 0.383. The van der Waals surface area contributed by atoms with E-state index in [-0.39, 0.29) is 0 Å². The first-order valence-corrected chi connectivity index (χ1v) is 3.87. The van der Waals surface area contributed by atoms with Crippen LogP contribution in [0.1, 0.15) is 24.7 Å². The van der Waals surface area contributed by atoms with Crippen LogP contribution in [-0.2, 0) is 6.42 Å². The van der Waals surface area contributed by atoms with Crippen LogP contribution < -0.4 is 4.74 Å². The largest absolute Gasteiger partial charge is 0.468 e. The number of imidazole rings is 1. The zero-order valence-electron chi connectivity index (χ0n) is 7.27. The van der Waals surface area contributed by atoms with Crippen LogP contribution in [0, 0.1) is 6.92 Å². The Bertz CT molecular complexity index is 230. The third-order valence-electron chi connectivity index (χ3n) is 1.64. The van der Waals surface area contributed by atoms with Crippen molar-refractivity contribution in [3.05, 3.63) is 11.4 Å². The molecule has 0 amide bonds. The van der Waals surface area contributed by atoms with Gasteiger partial charge in [-0.3, -0.25) is 0 Å². The standard InChI is InChI=1S/C8H14N2O/c1-4-5-7-6(2)9-8(10-7)11-3/h4-5H2,1-3H3,(H,9,10). The molecule has 1 rings (SSSR count). The lowest BCUT2D eigenvalue weighted by atomic mass is 10.2. The van der Waals surface area contributed by atoms with E-state index in [4.69, 9.17) is 4.74 Å². The van der Waals surface area contributed by atoms with E-state index in [1.807, 2.05) is 6.92 Å². The number of ether oxygens (including phenoxy) is 1. The van der Waals surface area contributed by atoms with Gasteiger partial charge in [0, 0.05) is 5.69 Å². The second kappa shape index (κ2) is 3.42. The summed E-state index contributed by atoms with van der Waals surface area (Å²) in [5.74, 6) is 0. The molecule has 1 N–H and O–H groups in total. The molecular weight excluding hydrogens is 140 g/mol. The molecule has 0 aliphatic carbocycles. The molecule has 1 heterocycles. The van der Waals surface area contributed by atoms with Crippen molar-refractivity contribution in [1.82, 2.24) is 9.97 Å². The number of methoxy groups -OCH3 is 1. The molecule has 0 unspecified atom stereocenters. The summed E-state index contributed by atoms with van der Waals surface area (Å²) in [4.78, 5) is 7.29. The third-order valence-corrected chi connectivity index (χ3v) is 1.64. The molecule has 0 aliphatic rings. The second-order valence-corrected chi connectivity index (χ2v) is 2.57. The third kappa shape index (κ3) is 1.73. The molecule has 0 bridgehead atoms. The molecular formula is C8H14N2O. The Balaban J connectivity index is 2.79. The summed E-state index contributed by atoms with van der Waals surface area (Å²) in [6, 6.07) is 0.617. The van der Waals surface area contributed by atoms with Crippen molar-refractivity contribution in [2.75, 3.05) is 7.11 Å². The van der Waals surface area contributed by atoms with Crippen LogP contribution in [0.5, 0.6) is 6.01 Å². The number of aryl methyl sites for hydroxylation is 2. The summed E-state index contributed by atoms with van der Waals surface area (Å²) in [6.07, 6.45) is 2.14. The smallest absolute Gasteiger partial charge is 0.293 e. The zero-order chi connectivity index (χ0) is 8.27. The molecule has 1 aromatic heterocycles. The average Bonchev–Trinajstić information content (AvgIpc) is 2.33. The highest BCUT2D eigenvalue weighted by atomic mass is 16.5. The quantitative estimate of drug-likeness (QED) is 0.719. The van der Waals surface area contributed by atoms with E-state index in [1.54, 1.807) is 7.11 Å². The summed E-state index contributed by atoms with van der Waals surface area (Å²) in [5, 5.41) is 0. The van der Waals surface area contributed by atoms with Crippen molar-refractivity contribution < 1.29 is 4.74 Å². The van der Waals surface area contributed by atoms with Gasteiger partial charge in [-0.2, -0.15) is 0 Å². The van der Waals surface area contributed by atoms with Gasteiger partial charge in [0.05, 0.1) is 12.8 Å². The number of hydrogen-bond donors (Lipinski definition) is 1. The molecule has 0 saturated heterocycles. The van der Waals surface area contributed by atoms with Gasteiger partial charge in [-0.1, -0.05) is 13.3 Å².